The molecule has 1 saturated heterocycles. The lowest BCUT2D eigenvalue weighted by Gasteiger charge is -2.20. The summed E-state index contributed by atoms with van der Waals surface area (Å²) in [4.78, 5) is 25.6. The van der Waals surface area contributed by atoms with Crippen molar-refractivity contribution < 1.29 is 18.8 Å². The van der Waals surface area contributed by atoms with Crippen molar-refractivity contribution in [1.29, 1.82) is 0 Å². The van der Waals surface area contributed by atoms with Crippen molar-refractivity contribution in [1.82, 2.24) is 5.16 Å². The lowest BCUT2D eigenvalue weighted by atomic mass is 10.2. The third-order valence-electron chi connectivity index (χ3n) is 3.46. The van der Waals surface area contributed by atoms with Gasteiger partial charge in [-0.25, -0.2) is 0 Å². The highest BCUT2D eigenvalue weighted by Crippen LogP contribution is 2.34. The monoisotopic (exact) mass is 301 g/mol. The summed E-state index contributed by atoms with van der Waals surface area (Å²) in [5.74, 6) is 0.362. The van der Waals surface area contributed by atoms with Gasteiger partial charge in [-0.15, -0.1) is 0 Å². The molecule has 7 nitrogen and oxygen atoms in total. The summed E-state index contributed by atoms with van der Waals surface area (Å²) in [6.45, 7) is 0.648. The number of rotatable bonds is 4. The van der Waals surface area contributed by atoms with Gasteiger partial charge in [-0.05, 0) is 24.6 Å². The first kappa shape index (κ1) is 14.1. The van der Waals surface area contributed by atoms with Gasteiger partial charge in [0.2, 0.25) is 11.7 Å². The van der Waals surface area contributed by atoms with Gasteiger partial charge in [0.05, 0.1) is 19.0 Å². The van der Waals surface area contributed by atoms with Crippen LogP contribution in [0.4, 0.5) is 11.4 Å². The Morgan fingerprint density at radius 3 is 2.91 bits per heavy atom. The molecule has 1 aromatic heterocycles. The predicted octanol–water partition coefficient (Wildman–Crippen LogP) is 2.06. The summed E-state index contributed by atoms with van der Waals surface area (Å²) in [5, 5.41) is 6.20. The maximum atomic E-state index is 12.0. The largest absolute Gasteiger partial charge is 0.495 e. The van der Waals surface area contributed by atoms with Gasteiger partial charge in [0.25, 0.3) is 5.91 Å². The summed E-state index contributed by atoms with van der Waals surface area (Å²) >= 11 is 0. The molecule has 2 amide bonds. The van der Waals surface area contributed by atoms with Gasteiger partial charge >= 0.3 is 0 Å². The molecule has 2 heterocycles. The second-order valence-electron chi connectivity index (χ2n) is 4.87. The van der Waals surface area contributed by atoms with Crippen molar-refractivity contribution in [2.24, 2.45) is 0 Å². The van der Waals surface area contributed by atoms with E-state index in [-0.39, 0.29) is 11.7 Å². The van der Waals surface area contributed by atoms with Crippen molar-refractivity contribution in [2.45, 2.75) is 12.8 Å². The molecular weight excluding hydrogens is 286 g/mol. The van der Waals surface area contributed by atoms with Crippen LogP contribution >= 0.6 is 0 Å². The molecule has 1 aliphatic heterocycles. The molecule has 0 aliphatic carbocycles. The van der Waals surface area contributed by atoms with E-state index in [1.54, 1.807) is 30.2 Å². The van der Waals surface area contributed by atoms with E-state index in [9.17, 15) is 9.59 Å². The molecule has 114 valence electrons. The van der Waals surface area contributed by atoms with Gasteiger partial charge in [-0.3, -0.25) is 9.59 Å². The number of benzene rings is 1. The zero-order valence-electron chi connectivity index (χ0n) is 12.0. The Morgan fingerprint density at radius 2 is 2.27 bits per heavy atom. The smallest absolute Gasteiger partial charge is 0.294 e. The van der Waals surface area contributed by atoms with Gasteiger partial charge in [0.1, 0.15) is 5.75 Å². The van der Waals surface area contributed by atoms with Crippen molar-refractivity contribution >= 4 is 23.2 Å². The molecule has 0 bridgehead atoms. The van der Waals surface area contributed by atoms with E-state index < -0.39 is 5.91 Å². The summed E-state index contributed by atoms with van der Waals surface area (Å²) in [7, 11) is 1.55. The number of aromatic nitrogens is 1. The minimum Gasteiger partial charge on any atom is -0.495 e. The van der Waals surface area contributed by atoms with Gasteiger partial charge < -0.3 is 19.5 Å². The van der Waals surface area contributed by atoms with Crippen LogP contribution in [0.5, 0.6) is 5.75 Å². The molecule has 0 saturated carbocycles. The molecule has 7 heteroatoms. The quantitative estimate of drug-likeness (QED) is 0.934. The maximum Gasteiger partial charge on any atom is 0.294 e. The lowest BCUT2D eigenvalue weighted by molar-refractivity contribution is -0.117. The molecule has 1 N–H and O–H groups in total. The van der Waals surface area contributed by atoms with Crippen molar-refractivity contribution in [3.8, 4) is 5.75 Å². The molecule has 0 atom stereocenters. The Hall–Kier alpha value is -2.83. The highest BCUT2D eigenvalue weighted by Gasteiger charge is 2.25. The van der Waals surface area contributed by atoms with E-state index in [4.69, 9.17) is 9.26 Å². The fraction of sp³-hybridized carbons (Fsp3) is 0.267. The molecule has 1 fully saturated rings. The number of hydrogen-bond donors (Lipinski definition) is 1. The number of nitrogens with one attached hydrogen (secondary N) is 1. The number of anilines is 2. The van der Waals surface area contributed by atoms with E-state index in [2.05, 4.69) is 10.5 Å². The van der Waals surface area contributed by atoms with Crippen molar-refractivity contribution in [3.63, 3.8) is 0 Å². The van der Waals surface area contributed by atoms with Crippen LogP contribution in [0.15, 0.2) is 35.0 Å². The van der Waals surface area contributed by atoms with Crippen LogP contribution in [0.3, 0.4) is 0 Å². The first-order valence-electron chi connectivity index (χ1n) is 6.89. The SMILES string of the molecule is COc1ccc(NC(=O)c2ccno2)cc1N1CCCC1=O. The molecular formula is C15H15N3O4. The van der Waals surface area contributed by atoms with E-state index in [1.165, 1.54) is 12.3 Å². The Bertz CT molecular complexity index is 697. The second-order valence-corrected chi connectivity index (χ2v) is 4.87. The third kappa shape index (κ3) is 2.65. The first-order chi connectivity index (χ1) is 10.7. The Morgan fingerprint density at radius 1 is 1.41 bits per heavy atom. The summed E-state index contributed by atoms with van der Waals surface area (Å²) in [6, 6.07) is 6.62. The molecule has 1 aromatic carbocycles. The highest BCUT2D eigenvalue weighted by atomic mass is 16.5. The van der Waals surface area contributed by atoms with Gasteiger partial charge in [0.15, 0.2) is 0 Å². The number of carbonyl (C=O) groups is 2. The molecule has 2 aromatic rings. The van der Waals surface area contributed by atoms with Gasteiger partial charge in [-0.1, -0.05) is 5.16 Å². The van der Waals surface area contributed by atoms with E-state index in [0.717, 1.165) is 6.42 Å². The Labute approximate surface area is 126 Å². The van der Waals surface area contributed by atoms with Gasteiger partial charge in [0, 0.05) is 24.7 Å². The molecule has 0 spiro atoms. The minimum absolute atomic E-state index is 0.0528. The van der Waals surface area contributed by atoms with Crippen molar-refractivity contribution in [3.05, 3.63) is 36.2 Å². The second kappa shape index (κ2) is 5.88. The number of methoxy groups -OCH3 is 1. The number of ether oxygens (including phenoxy) is 1. The number of amides is 2. The van der Waals surface area contributed by atoms with Crippen molar-refractivity contribution in [2.75, 3.05) is 23.9 Å². The number of carbonyl (C=O) groups excluding carboxylic acids is 2. The summed E-state index contributed by atoms with van der Waals surface area (Å²) in [6.07, 6.45) is 2.74. The predicted molar refractivity (Wildman–Crippen MR) is 79.0 cm³/mol. The normalized spacial score (nSPS) is 14.2. The van der Waals surface area contributed by atoms with Crippen LogP contribution in [0.2, 0.25) is 0 Å². The fourth-order valence-corrected chi connectivity index (χ4v) is 2.41. The van der Waals surface area contributed by atoms with Crippen LogP contribution in [-0.4, -0.2) is 30.6 Å². The number of nitrogens with zero attached hydrogens (tertiary/aromatic N) is 2. The van der Waals surface area contributed by atoms with Crippen LogP contribution < -0.4 is 15.0 Å². The third-order valence-corrected chi connectivity index (χ3v) is 3.46. The molecule has 3 rings (SSSR count). The summed E-state index contributed by atoms with van der Waals surface area (Å²) < 4.78 is 10.1. The van der Waals surface area contributed by atoms with E-state index in [1.807, 2.05) is 0 Å². The van der Waals surface area contributed by atoms with E-state index >= 15 is 0 Å². The standard InChI is InChI=1S/C15H15N3O4/c1-21-12-5-4-10(17-15(20)13-6-7-16-22-13)9-11(12)18-8-2-3-14(18)19/h4-7,9H,2-3,8H2,1H3,(H,17,20). The fourth-order valence-electron chi connectivity index (χ4n) is 2.41. The highest BCUT2D eigenvalue weighted by molar-refractivity contribution is 6.03. The molecule has 1 aliphatic rings. The zero-order chi connectivity index (χ0) is 15.5. The molecule has 22 heavy (non-hydrogen) atoms. The molecule has 0 radical (unpaired) electrons. The molecule has 0 unspecified atom stereocenters. The summed E-state index contributed by atoms with van der Waals surface area (Å²) in [5.41, 5.74) is 1.21. The topological polar surface area (TPSA) is 84.7 Å². The van der Waals surface area contributed by atoms with E-state index in [0.29, 0.717) is 30.1 Å². The van der Waals surface area contributed by atoms with Crippen LogP contribution in [0.25, 0.3) is 0 Å². The maximum absolute atomic E-state index is 12.0. The van der Waals surface area contributed by atoms with Crippen LogP contribution in [-0.2, 0) is 4.79 Å². The van der Waals surface area contributed by atoms with Crippen LogP contribution in [0, 0.1) is 0 Å². The first-order valence-corrected chi connectivity index (χ1v) is 6.89. The van der Waals surface area contributed by atoms with Crippen LogP contribution in [0.1, 0.15) is 23.4 Å². The zero-order valence-corrected chi connectivity index (χ0v) is 12.0. The Kier molecular flexibility index (Phi) is 3.78. The Balaban J connectivity index is 1.87. The van der Waals surface area contributed by atoms with Gasteiger partial charge in [-0.2, -0.15) is 0 Å². The lowest BCUT2D eigenvalue weighted by Crippen LogP contribution is -2.24. The average Bonchev–Trinajstić information content (AvgIpc) is 3.18. The number of hydrogen-bond acceptors (Lipinski definition) is 5. The minimum atomic E-state index is -0.402. The average molecular weight is 301 g/mol.